The van der Waals surface area contributed by atoms with Crippen molar-refractivity contribution in [2.45, 2.75) is 6.10 Å². The van der Waals surface area contributed by atoms with Crippen LogP contribution in [0.5, 0.6) is 0 Å². The van der Waals surface area contributed by atoms with Crippen molar-refractivity contribution in [1.29, 1.82) is 0 Å². The van der Waals surface area contributed by atoms with Gasteiger partial charge in [0.25, 0.3) is 0 Å². The first-order chi connectivity index (χ1) is 7.63. The minimum atomic E-state index is -0.449. The summed E-state index contributed by atoms with van der Waals surface area (Å²) in [4.78, 5) is 2.05. The number of methoxy groups -OCH3 is 1. The minimum absolute atomic E-state index is 0.449. The van der Waals surface area contributed by atoms with E-state index in [1.165, 1.54) is 0 Å². The highest BCUT2D eigenvalue weighted by molar-refractivity contribution is 9.10. The quantitative estimate of drug-likeness (QED) is 0.869. The smallest absolute Gasteiger partial charge is 0.0916 e. The zero-order valence-corrected chi connectivity index (χ0v) is 11.3. The predicted molar refractivity (Wildman–Crippen MR) is 68.5 cm³/mol. The Balaban J connectivity index is 2.45. The topological polar surface area (TPSA) is 32.7 Å². The van der Waals surface area contributed by atoms with Crippen molar-refractivity contribution in [2.24, 2.45) is 0 Å². The molecule has 16 heavy (non-hydrogen) atoms. The van der Waals surface area contributed by atoms with Crippen LogP contribution in [0.1, 0.15) is 11.7 Å². The molecule has 1 rings (SSSR count). The molecule has 0 amide bonds. The molecule has 0 aromatic heterocycles. The van der Waals surface area contributed by atoms with Crippen LogP contribution in [-0.4, -0.2) is 43.9 Å². The molecule has 0 heterocycles. The third-order valence-corrected chi connectivity index (χ3v) is 2.95. The zero-order valence-electron chi connectivity index (χ0n) is 9.69. The van der Waals surface area contributed by atoms with E-state index in [1.54, 1.807) is 7.11 Å². The molecule has 90 valence electrons. The van der Waals surface area contributed by atoms with Crippen LogP contribution in [0, 0.1) is 0 Å². The number of aliphatic hydroxyl groups is 1. The van der Waals surface area contributed by atoms with Crippen LogP contribution in [0.3, 0.4) is 0 Å². The number of benzene rings is 1. The van der Waals surface area contributed by atoms with E-state index >= 15 is 0 Å². The summed E-state index contributed by atoms with van der Waals surface area (Å²) in [7, 11) is 3.65. The third kappa shape index (κ3) is 4.61. The van der Waals surface area contributed by atoms with E-state index in [0.717, 1.165) is 16.6 Å². The number of ether oxygens (including phenoxy) is 1. The number of hydrogen-bond donors (Lipinski definition) is 1. The molecule has 3 nitrogen and oxygen atoms in total. The van der Waals surface area contributed by atoms with Crippen LogP contribution >= 0.6 is 15.9 Å². The van der Waals surface area contributed by atoms with E-state index in [4.69, 9.17) is 4.74 Å². The normalized spacial score (nSPS) is 13.1. The van der Waals surface area contributed by atoms with Gasteiger partial charge in [0.05, 0.1) is 12.7 Å². The lowest BCUT2D eigenvalue weighted by Crippen LogP contribution is -2.27. The van der Waals surface area contributed by atoms with Crippen LogP contribution in [0.2, 0.25) is 0 Å². The highest BCUT2D eigenvalue weighted by atomic mass is 79.9. The summed E-state index contributed by atoms with van der Waals surface area (Å²) in [6, 6.07) is 7.74. The molecule has 1 aromatic rings. The maximum absolute atomic E-state index is 9.98. The van der Waals surface area contributed by atoms with Gasteiger partial charge in [0, 0.05) is 24.7 Å². The first kappa shape index (κ1) is 13.6. The van der Waals surface area contributed by atoms with Gasteiger partial charge in [0.15, 0.2) is 0 Å². The van der Waals surface area contributed by atoms with Crippen molar-refractivity contribution in [3.8, 4) is 0 Å². The molecule has 1 N–H and O–H groups in total. The molecule has 0 radical (unpaired) electrons. The van der Waals surface area contributed by atoms with Gasteiger partial charge in [-0.2, -0.15) is 0 Å². The predicted octanol–water partition coefficient (Wildman–Crippen LogP) is 2.06. The average molecular weight is 288 g/mol. The van der Waals surface area contributed by atoms with Gasteiger partial charge in [0.2, 0.25) is 0 Å². The lowest BCUT2D eigenvalue weighted by Gasteiger charge is -2.20. The van der Waals surface area contributed by atoms with Crippen molar-refractivity contribution in [2.75, 3.05) is 33.9 Å². The lowest BCUT2D eigenvalue weighted by atomic mass is 10.1. The Morgan fingerprint density at radius 1 is 1.38 bits per heavy atom. The summed E-state index contributed by atoms with van der Waals surface area (Å²) in [5.41, 5.74) is 0.937. The molecule has 0 spiro atoms. The Labute approximate surface area is 105 Å². The molecule has 1 atom stereocenters. The van der Waals surface area contributed by atoms with Crippen molar-refractivity contribution in [3.63, 3.8) is 0 Å². The van der Waals surface area contributed by atoms with E-state index in [2.05, 4.69) is 20.8 Å². The minimum Gasteiger partial charge on any atom is -0.387 e. The van der Waals surface area contributed by atoms with E-state index in [-0.39, 0.29) is 0 Å². The Hall–Kier alpha value is -0.420. The number of nitrogens with zero attached hydrogens (tertiary/aromatic N) is 1. The van der Waals surface area contributed by atoms with Gasteiger partial charge < -0.3 is 14.7 Å². The fraction of sp³-hybridized carbons (Fsp3) is 0.500. The molecule has 4 heteroatoms. The summed E-state index contributed by atoms with van der Waals surface area (Å²) in [6.07, 6.45) is -0.449. The summed E-state index contributed by atoms with van der Waals surface area (Å²) >= 11 is 3.37. The maximum Gasteiger partial charge on any atom is 0.0916 e. The van der Waals surface area contributed by atoms with Crippen LogP contribution in [0.4, 0.5) is 0 Å². The monoisotopic (exact) mass is 287 g/mol. The van der Waals surface area contributed by atoms with Gasteiger partial charge in [0.1, 0.15) is 0 Å². The molecule has 1 aromatic carbocycles. The summed E-state index contributed by atoms with van der Waals surface area (Å²) in [5.74, 6) is 0. The summed E-state index contributed by atoms with van der Waals surface area (Å²) in [5, 5.41) is 9.98. The fourth-order valence-corrected chi connectivity index (χ4v) is 1.69. The molecule has 0 bridgehead atoms. The van der Waals surface area contributed by atoms with Gasteiger partial charge in [-0.25, -0.2) is 0 Å². The standard InChI is InChI=1S/C12H18BrNO2/c1-14(7-8-16-2)9-12(15)10-3-5-11(13)6-4-10/h3-6,12,15H,7-9H2,1-2H3. The zero-order chi connectivity index (χ0) is 12.0. The van der Waals surface area contributed by atoms with E-state index in [1.807, 2.05) is 31.3 Å². The second kappa shape index (κ2) is 7.01. The maximum atomic E-state index is 9.98. The Morgan fingerprint density at radius 3 is 2.56 bits per heavy atom. The molecule has 0 aliphatic carbocycles. The number of halogens is 1. The molecular weight excluding hydrogens is 270 g/mol. The number of aliphatic hydroxyl groups excluding tert-OH is 1. The first-order valence-electron chi connectivity index (χ1n) is 5.24. The largest absolute Gasteiger partial charge is 0.387 e. The van der Waals surface area contributed by atoms with Gasteiger partial charge >= 0.3 is 0 Å². The fourth-order valence-electron chi connectivity index (χ4n) is 1.42. The first-order valence-corrected chi connectivity index (χ1v) is 6.04. The van der Waals surface area contributed by atoms with E-state index in [0.29, 0.717) is 13.2 Å². The number of likely N-dealkylation sites (N-methyl/N-ethyl adjacent to an activating group) is 1. The molecule has 0 fully saturated rings. The lowest BCUT2D eigenvalue weighted by molar-refractivity contribution is 0.103. The number of hydrogen-bond acceptors (Lipinski definition) is 3. The SMILES string of the molecule is COCCN(C)CC(O)c1ccc(Br)cc1. The Kier molecular flexibility index (Phi) is 5.98. The van der Waals surface area contributed by atoms with Crippen LogP contribution in [0.15, 0.2) is 28.7 Å². The van der Waals surface area contributed by atoms with E-state index in [9.17, 15) is 5.11 Å². The average Bonchev–Trinajstić information content (AvgIpc) is 2.27. The molecule has 0 saturated carbocycles. The van der Waals surface area contributed by atoms with Crippen molar-refractivity contribution >= 4 is 15.9 Å². The second-order valence-corrected chi connectivity index (χ2v) is 4.74. The van der Waals surface area contributed by atoms with Crippen molar-refractivity contribution < 1.29 is 9.84 Å². The van der Waals surface area contributed by atoms with Gasteiger partial charge in [-0.3, -0.25) is 0 Å². The Bertz CT molecular complexity index is 302. The molecule has 0 aliphatic rings. The highest BCUT2D eigenvalue weighted by Crippen LogP contribution is 2.17. The molecule has 0 aliphatic heterocycles. The third-order valence-electron chi connectivity index (χ3n) is 2.42. The van der Waals surface area contributed by atoms with Crippen molar-refractivity contribution in [3.05, 3.63) is 34.3 Å². The second-order valence-electron chi connectivity index (χ2n) is 3.82. The van der Waals surface area contributed by atoms with Crippen LogP contribution < -0.4 is 0 Å². The van der Waals surface area contributed by atoms with Gasteiger partial charge in [-0.1, -0.05) is 28.1 Å². The molecular formula is C12H18BrNO2. The van der Waals surface area contributed by atoms with Gasteiger partial charge in [-0.15, -0.1) is 0 Å². The van der Waals surface area contributed by atoms with Crippen LogP contribution in [-0.2, 0) is 4.74 Å². The molecule has 0 saturated heterocycles. The Morgan fingerprint density at radius 2 is 2.00 bits per heavy atom. The summed E-state index contributed by atoms with van der Waals surface area (Å²) < 4.78 is 6.01. The van der Waals surface area contributed by atoms with E-state index < -0.39 is 6.10 Å². The number of rotatable bonds is 6. The van der Waals surface area contributed by atoms with Gasteiger partial charge in [-0.05, 0) is 24.7 Å². The van der Waals surface area contributed by atoms with Crippen LogP contribution in [0.25, 0.3) is 0 Å². The summed E-state index contributed by atoms with van der Waals surface area (Å²) in [6.45, 7) is 2.12. The highest BCUT2D eigenvalue weighted by Gasteiger charge is 2.10. The molecule has 1 unspecified atom stereocenters. The van der Waals surface area contributed by atoms with Crippen molar-refractivity contribution in [1.82, 2.24) is 4.90 Å².